The van der Waals surface area contributed by atoms with Crippen LogP contribution in [0.15, 0.2) is 24.3 Å². The maximum Gasteiger partial charge on any atom is 0.176 e. The second-order valence-corrected chi connectivity index (χ2v) is 15.9. The molecule has 20 heavy (non-hydrogen) atoms. The third-order valence-electron chi connectivity index (χ3n) is 4.54. The summed E-state index contributed by atoms with van der Waals surface area (Å²) in [7, 11) is -2.90. The molecule has 0 aliphatic carbocycles. The van der Waals surface area contributed by atoms with Gasteiger partial charge in [0.15, 0.2) is 16.6 Å². The molecule has 0 N–H and O–H groups in total. The molecule has 0 aliphatic rings. The van der Waals surface area contributed by atoms with Crippen LogP contribution in [-0.2, 0) is 10.5 Å². The van der Waals surface area contributed by atoms with Crippen molar-refractivity contribution >= 4 is 16.6 Å². The van der Waals surface area contributed by atoms with E-state index in [-0.39, 0.29) is 0 Å². The summed E-state index contributed by atoms with van der Waals surface area (Å²) >= 11 is 0. The van der Waals surface area contributed by atoms with Gasteiger partial charge < -0.3 is 4.12 Å². The van der Waals surface area contributed by atoms with Crippen LogP contribution < -0.4 is 0 Å². The molecule has 1 nitrogen and oxygen atoms in total. The Morgan fingerprint density at radius 3 is 2.20 bits per heavy atom. The zero-order chi connectivity index (χ0) is 15.2. The highest BCUT2D eigenvalue weighted by Crippen LogP contribution is 2.26. The molecule has 0 aliphatic heterocycles. The summed E-state index contributed by atoms with van der Waals surface area (Å²) in [5.74, 6) is 0. The Morgan fingerprint density at radius 2 is 1.65 bits per heavy atom. The lowest BCUT2D eigenvalue weighted by Crippen LogP contribution is -2.45. The molecular formula is C17H32OSi2. The quantitative estimate of drug-likeness (QED) is 0.554. The molecule has 1 rings (SSSR count). The standard InChI is InChI=1S/C17H32OSi2/c1-7-19(4,5)18-20(6,8-2)15-11-14-17-13-10-9-12-16(17)3/h9-10,12-13H,7-8,11,14-15H2,1-6H3. The van der Waals surface area contributed by atoms with Crippen LogP contribution in [0.2, 0.25) is 37.8 Å². The lowest BCUT2D eigenvalue weighted by Gasteiger charge is -2.35. The molecule has 0 heterocycles. The first-order valence-corrected chi connectivity index (χ1v) is 14.0. The van der Waals surface area contributed by atoms with E-state index in [0.29, 0.717) is 0 Å². The van der Waals surface area contributed by atoms with Crippen molar-refractivity contribution in [3.8, 4) is 0 Å². The fourth-order valence-corrected chi connectivity index (χ4v) is 10.8. The smallest absolute Gasteiger partial charge is 0.176 e. The first-order valence-electron chi connectivity index (χ1n) is 8.06. The van der Waals surface area contributed by atoms with Crippen LogP contribution in [0, 0.1) is 6.92 Å². The van der Waals surface area contributed by atoms with E-state index < -0.39 is 16.6 Å². The van der Waals surface area contributed by atoms with Gasteiger partial charge in [-0.15, -0.1) is 0 Å². The minimum atomic E-state index is -1.49. The van der Waals surface area contributed by atoms with Gasteiger partial charge in [-0.05, 0) is 68.7 Å². The number of aryl methyl sites for hydroxylation is 2. The number of hydrogen-bond acceptors (Lipinski definition) is 1. The summed E-state index contributed by atoms with van der Waals surface area (Å²) in [5, 5.41) is 0. The van der Waals surface area contributed by atoms with Crippen LogP contribution in [0.4, 0.5) is 0 Å². The molecule has 0 fully saturated rings. The highest BCUT2D eigenvalue weighted by Gasteiger charge is 2.33. The van der Waals surface area contributed by atoms with Crippen molar-refractivity contribution in [2.75, 3.05) is 0 Å². The van der Waals surface area contributed by atoms with Gasteiger partial charge in [0, 0.05) is 0 Å². The summed E-state index contributed by atoms with van der Waals surface area (Å²) in [5.41, 5.74) is 2.93. The van der Waals surface area contributed by atoms with Gasteiger partial charge in [-0.1, -0.05) is 38.1 Å². The highest BCUT2D eigenvalue weighted by atomic mass is 28.4. The number of benzene rings is 1. The van der Waals surface area contributed by atoms with E-state index in [1.165, 1.54) is 42.1 Å². The summed E-state index contributed by atoms with van der Waals surface area (Å²) in [6.45, 7) is 14.0. The second kappa shape index (κ2) is 7.57. The molecule has 0 amide bonds. The maximum absolute atomic E-state index is 6.67. The first-order chi connectivity index (χ1) is 9.32. The van der Waals surface area contributed by atoms with Crippen molar-refractivity contribution in [2.24, 2.45) is 0 Å². The Labute approximate surface area is 128 Å². The van der Waals surface area contributed by atoms with Gasteiger partial charge in [-0.2, -0.15) is 0 Å². The van der Waals surface area contributed by atoms with E-state index in [1.807, 2.05) is 0 Å². The molecular weight excluding hydrogens is 276 g/mol. The third kappa shape index (κ3) is 5.54. The van der Waals surface area contributed by atoms with Gasteiger partial charge in [-0.3, -0.25) is 0 Å². The Kier molecular flexibility index (Phi) is 6.69. The van der Waals surface area contributed by atoms with Crippen LogP contribution in [0.25, 0.3) is 0 Å². The topological polar surface area (TPSA) is 9.23 Å². The molecule has 1 aromatic rings. The van der Waals surface area contributed by atoms with Gasteiger partial charge in [-0.25, -0.2) is 0 Å². The second-order valence-electron chi connectivity index (χ2n) is 6.80. The fourth-order valence-electron chi connectivity index (χ4n) is 2.58. The van der Waals surface area contributed by atoms with Gasteiger partial charge in [0.25, 0.3) is 0 Å². The molecule has 1 aromatic carbocycles. The van der Waals surface area contributed by atoms with Crippen LogP contribution >= 0.6 is 0 Å². The maximum atomic E-state index is 6.67. The average molecular weight is 309 g/mol. The molecule has 0 radical (unpaired) electrons. The summed E-state index contributed by atoms with van der Waals surface area (Å²) in [6, 6.07) is 12.5. The van der Waals surface area contributed by atoms with Crippen LogP contribution in [0.5, 0.6) is 0 Å². The van der Waals surface area contributed by atoms with E-state index in [1.54, 1.807) is 0 Å². The van der Waals surface area contributed by atoms with Gasteiger partial charge in [0.1, 0.15) is 0 Å². The van der Waals surface area contributed by atoms with Crippen LogP contribution in [0.3, 0.4) is 0 Å². The SMILES string of the molecule is CC[Si](C)(C)O[Si](C)(CC)CCCc1ccccc1C. The van der Waals surface area contributed by atoms with Crippen LogP contribution in [0.1, 0.15) is 31.4 Å². The number of rotatable bonds is 8. The Morgan fingerprint density at radius 1 is 1.00 bits per heavy atom. The summed E-state index contributed by atoms with van der Waals surface area (Å²) in [4.78, 5) is 0. The summed E-state index contributed by atoms with van der Waals surface area (Å²) in [6.07, 6.45) is 2.47. The van der Waals surface area contributed by atoms with E-state index in [2.05, 4.69) is 64.7 Å². The average Bonchev–Trinajstić information content (AvgIpc) is 2.40. The molecule has 1 atom stereocenters. The van der Waals surface area contributed by atoms with E-state index in [9.17, 15) is 0 Å². The zero-order valence-electron chi connectivity index (χ0n) is 14.3. The monoisotopic (exact) mass is 308 g/mol. The van der Waals surface area contributed by atoms with Crippen molar-refractivity contribution in [3.63, 3.8) is 0 Å². The van der Waals surface area contributed by atoms with E-state index in [4.69, 9.17) is 4.12 Å². The van der Waals surface area contributed by atoms with Crippen LogP contribution in [-0.4, -0.2) is 16.6 Å². The zero-order valence-corrected chi connectivity index (χ0v) is 16.3. The first kappa shape index (κ1) is 17.7. The Balaban J connectivity index is 2.55. The van der Waals surface area contributed by atoms with Crippen molar-refractivity contribution in [2.45, 2.75) is 71.4 Å². The van der Waals surface area contributed by atoms with Gasteiger partial charge >= 0.3 is 0 Å². The third-order valence-corrected chi connectivity index (χ3v) is 13.3. The van der Waals surface area contributed by atoms with Gasteiger partial charge in [0.2, 0.25) is 0 Å². The normalized spacial score (nSPS) is 15.1. The van der Waals surface area contributed by atoms with E-state index >= 15 is 0 Å². The molecule has 0 saturated heterocycles. The number of hydrogen-bond donors (Lipinski definition) is 0. The predicted molar refractivity (Wildman–Crippen MR) is 95.5 cm³/mol. The Hall–Kier alpha value is -0.386. The predicted octanol–water partition coefficient (Wildman–Crippen LogP) is 5.76. The molecule has 0 aromatic heterocycles. The lowest BCUT2D eigenvalue weighted by atomic mass is 10.1. The molecule has 0 spiro atoms. The van der Waals surface area contributed by atoms with Crippen molar-refractivity contribution in [3.05, 3.63) is 35.4 Å². The van der Waals surface area contributed by atoms with Gasteiger partial charge in [0.05, 0.1) is 0 Å². The van der Waals surface area contributed by atoms with Crippen molar-refractivity contribution in [1.29, 1.82) is 0 Å². The van der Waals surface area contributed by atoms with E-state index in [0.717, 1.165) is 0 Å². The fraction of sp³-hybridized carbons (Fsp3) is 0.647. The van der Waals surface area contributed by atoms with Crippen molar-refractivity contribution in [1.82, 2.24) is 0 Å². The molecule has 0 bridgehead atoms. The minimum Gasteiger partial charge on any atom is -0.455 e. The van der Waals surface area contributed by atoms with Crippen molar-refractivity contribution < 1.29 is 4.12 Å². The summed E-state index contributed by atoms with van der Waals surface area (Å²) < 4.78 is 6.67. The Bertz CT molecular complexity index is 417. The minimum absolute atomic E-state index is 1.20. The molecule has 3 heteroatoms. The molecule has 114 valence electrons. The molecule has 0 saturated carbocycles. The largest absolute Gasteiger partial charge is 0.455 e. The highest BCUT2D eigenvalue weighted by molar-refractivity contribution is 6.85. The lowest BCUT2D eigenvalue weighted by molar-refractivity contribution is 0.527. The molecule has 1 unspecified atom stereocenters.